The molecule has 0 heterocycles. The second-order valence-electron chi connectivity index (χ2n) is 6.12. The Kier molecular flexibility index (Phi) is 7.74. The van der Waals surface area contributed by atoms with Crippen LogP contribution < -0.4 is 15.4 Å². The summed E-state index contributed by atoms with van der Waals surface area (Å²) in [5.74, 6) is 1.50. The van der Waals surface area contributed by atoms with E-state index in [-0.39, 0.29) is 12.5 Å². The van der Waals surface area contributed by atoms with Crippen molar-refractivity contribution >= 4 is 22.6 Å². The minimum Gasteiger partial charge on any atom is -0.494 e. The molecule has 0 atom stereocenters. The number of fused-ring (bicyclic) bond motifs is 1. The largest absolute Gasteiger partial charge is 0.494 e. The molecule has 1 amide bonds. The fraction of sp³-hybridized carbons (Fsp3) is 0.400. The highest BCUT2D eigenvalue weighted by Crippen LogP contribution is 2.20. The Morgan fingerprint density at radius 1 is 1.12 bits per heavy atom. The predicted molar refractivity (Wildman–Crippen MR) is 107 cm³/mol. The summed E-state index contributed by atoms with van der Waals surface area (Å²) in [6.45, 7) is 4.20. The monoisotopic (exact) mass is 356 g/mol. The van der Waals surface area contributed by atoms with E-state index in [2.05, 4.69) is 39.9 Å². The molecule has 26 heavy (non-hydrogen) atoms. The highest BCUT2D eigenvalue weighted by atomic mass is 16.5. The van der Waals surface area contributed by atoms with Gasteiger partial charge in [0.2, 0.25) is 5.91 Å². The van der Waals surface area contributed by atoms with Crippen LogP contribution in [0.1, 0.15) is 13.3 Å². The van der Waals surface area contributed by atoms with Crippen LogP contribution in [0.4, 0.5) is 0 Å². The highest BCUT2D eigenvalue weighted by molar-refractivity contribution is 5.85. The molecule has 0 aliphatic carbocycles. The Morgan fingerprint density at radius 3 is 2.62 bits per heavy atom. The van der Waals surface area contributed by atoms with Crippen LogP contribution in [-0.4, -0.2) is 57.1 Å². The van der Waals surface area contributed by atoms with Crippen molar-refractivity contribution in [3.8, 4) is 5.75 Å². The molecule has 6 heteroatoms. The zero-order valence-corrected chi connectivity index (χ0v) is 15.8. The van der Waals surface area contributed by atoms with Gasteiger partial charge in [-0.15, -0.1) is 0 Å². The lowest BCUT2D eigenvalue weighted by Crippen LogP contribution is -2.39. The summed E-state index contributed by atoms with van der Waals surface area (Å²) in [7, 11) is 3.45. The van der Waals surface area contributed by atoms with Gasteiger partial charge >= 0.3 is 0 Å². The SMILES string of the molecule is CCNC(=NCC(=O)N(C)C)NCCCOc1ccc2ccccc2c1. The van der Waals surface area contributed by atoms with E-state index >= 15 is 0 Å². The smallest absolute Gasteiger partial charge is 0.243 e. The van der Waals surface area contributed by atoms with Gasteiger partial charge in [0.15, 0.2) is 5.96 Å². The predicted octanol–water partition coefficient (Wildman–Crippen LogP) is 2.25. The van der Waals surface area contributed by atoms with Gasteiger partial charge in [0.1, 0.15) is 12.3 Å². The van der Waals surface area contributed by atoms with Gasteiger partial charge in [0.05, 0.1) is 6.61 Å². The Balaban J connectivity index is 1.74. The maximum absolute atomic E-state index is 11.6. The molecule has 0 fully saturated rings. The Hall–Kier alpha value is -2.76. The van der Waals surface area contributed by atoms with Crippen molar-refractivity contribution in [2.45, 2.75) is 13.3 Å². The van der Waals surface area contributed by atoms with Crippen molar-refractivity contribution < 1.29 is 9.53 Å². The molecule has 0 aromatic heterocycles. The van der Waals surface area contributed by atoms with Gasteiger partial charge in [-0.1, -0.05) is 30.3 Å². The Bertz CT molecular complexity index is 743. The molecule has 0 bridgehead atoms. The zero-order chi connectivity index (χ0) is 18.8. The molecule has 0 aliphatic heterocycles. The van der Waals surface area contributed by atoms with E-state index < -0.39 is 0 Å². The minimum atomic E-state index is -0.0261. The van der Waals surface area contributed by atoms with Gasteiger partial charge in [-0.05, 0) is 36.2 Å². The lowest BCUT2D eigenvalue weighted by atomic mass is 10.1. The number of amides is 1. The molecule has 0 unspecified atom stereocenters. The van der Waals surface area contributed by atoms with Crippen LogP contribution in [0.2, 0.25) is 0 Å². The van der Waals surface area contributed by atoms with E-state index in [1.54, 1.807) is 14.1 Å². The molecule has 0 radical (unpaired) electrons. The highest BCUT2D eigenvalue weighted by Gasteiger charge is 2.04. The van der Waals surface area contributed by atoms with Crippen molar-refractivity contribution in [2.24, 2.45) is 4.99 Å². The summed E-state index contributed by atoms with van der Waals surface area (Å²) in [4.78, 5) is 17.4. The average molecular weight is 356 g/mol. The molecular weight excluding hydrogens is 328 g/mol. The number of nitrogens with one attached hydrogen (secondary N) is 2. The number of carbonyl (C=O) groups excluding carboxylic acids is 1. The van der Waals surface area contributed by atoms with Crippen LogP contribution in [0.5, 0.6) is 5.75 Å². The third-order valence-corrected chi connectivity index (χ3v) is 3.82. The first kappa shape index (κ1) is 19.6. The fourth-order valence-corrected chi connectivity index (χ4v) is 2.36. The minimum absolute atomic E-state index is 0.0261. The van der Waals surface area contributed by atoms with Gasteiger partial charge in [-0.25, -0.2) is 4.99 Å². The summed E-state index contributed by atoms with van der Waals surface area (Å²) >= 11 is 0. The van der Waals surface area contributed by atoms with E-state index in [1.165, 1.54) is 15.7 Å². The molecule has 0 saturated heterocycles. The number of ether oxygens (including phenoxy) is 1. The van der Waals surface area contributed by atoms with Crippen LogP contribution in [0.25, 0.3) is 10.8 Å². The number of carbonyl (C=O) groups is 1. The number of nitrogens with zero attached hydrogens (tertiary/aromatic N) is 2. The normalized spacial score (nSPS) is 11.3. The molecule has 140 valence electrons. The maximum atomic E-state index is 11.6. The average Bonchev–Trinajstić information content (AvgIpc) is 2.65. The van der Waals surface area contributed by atoms with Gasteiger partial charge in [-0.2, -0.15) is 0 Å². The molecule has 0 aliphatic rings. The quantitative estimate of drug-likeness (QED) is 0.433. The third-order valence-electron chi connectivity index (χ3n) is 3.82. The fourth-order valence-electron chi connectivity index (χ4n) is 2.36. The molecule has 2 aromatic carbocycles. The van der Waals surface area contributed by atoms with Crippen molar-refractivity contribution in [3.63, 3.8) is 0 Å². The molecule has 0 saturated carbocycles. The number of hydrogen-bond donors (Lipinski definition) is 2. The van der Waals surface area contributed by atoms with Crippen LogP contribution in [0.3, 0.4) is 0 Å². The zero-order valence-electron chi connectivity index (χ0n) is 15.8. The molecule has 0 spiro atoms. The number of hydrogen-bond acceptors (Lipinski definition) is 3. The number of likely N-dealkylation sites (N-methyl/N-ethyl adjacent to an activating group) is 1. The molecule has 2 N–H and O–H groups in total. The first-order valence-corrected chi connectivity index (χ1v) is 8.94. The van der Waals surface area contributed by atoms with Crippen LogP contribution in [0, 0.1) is 0 Å². The van der Waals surface area contributed by atoms with E-state index in [4.69, 9.17) is 4.74 Å². The van der Waals surface area contributed by atoms with Crippen molar-refractivity contribution in [1.82, 2.24) is 15.5 Å². The number of rotatable bonds is 8. The van der Waals surface area contributed by atoms with Crippen molar-refractivity contribution in [3.05, 3.63) is 42.5 Å². The Morgan fingerprint density at radius 2 is 1.88 bits per heavy atom. The van der Waals surface area contributed by atoms with E-state index in [9.17, 15) is 4.79 Å². The summed E-state index contributed by atoms with van der Waals surface area (Å²) in [5.41, 5.74) is 0. The summed E-state index contributed by atoms with van der Waals surface area (Å²) < 4.78 is 5.82. The van der Waals surface area contributed by atoms with E-state index in [1.807, 2.05) is 25.1 Å². The molecule has 6 nitrogen and oxygen atoms in total. The topological polar surface area (TPSA) is 66.0 Å². The first-order valence-electron chi connectivity index (χ1n) is 8.94. The lowest BCUT2D eigenvalue weighted by Gasteiger charge is -2.13. The number of aliphatic imine (C=N–C) groups is 1. The number of guanidine groups is 1. The summed E-state index contributed by atoms with van der Waals surface area (Å²) in [6.07, 6.45) is 0.832. The maximum Gasteiger partial charge on any atom is 0.243 e. The molecule has 2 aromatic rings. The van der Waals surface area contributed by atoms with Crippen molar-refractivity contribution in [1.29, 1.82) is 0 Å². The second-order valence-corrected chi connectivity index (χ2v) is 6.12. The lowest BCUT2D eigenvalue weighted by molar-refractivity contribution is -0.127. The van der Waals surface area contributed by atoms with Gasteiger partial charge < -0.3 is 20.3 Å². The standard InChI is InChI=1S/C20H28N4O2/c1-4-21-20(23-15-19(25)24(2)3)22-12-7-13-26-18-11-10-16-8-5-6-9-17(16)14-18/h5-6,8-11,14H,4,7,12-13,15H2,1-3H3,(H2,21,22,23). The molecule has 2 rings (SSSR count). The summed E-state index contributed by atoms with van der Waals surface area (Å²) in [6, 6.07) is 14.3. The van der Waals surface area contributed by atoms with Crippen molar-refractivity contribution in [2.75, 3.05) is 40.3 Å². The second kappa shape index (κ2) is 10.3. The third kappa shape index (κ3) is 6.27. The first-order chi connectivity index (χ1) is 12.6. The van der Waals surface area contributed by atoms with Gasteiger partial charge in [-0.3, -0.25) is 4.79 Å². The van der Waals surface area contributed by atoms with Crippen LogP contribution >= 0.6 is 0 Å². The number of benzene rings is 2. The van der Waals surface area contributed by atoms with Crippen LogP contribution in [-0.2, 0) is 4.79 Å². The van der Waals surface area contributed by atoms with Crippen LogP contribution in [0.15, 0.2) is 47.5 Å². The van der Waals surface area contributed by atoms with Gasteiger partial charge in [0, 0.05) is 27.2 Å². The van der Waals surface area contributed by atoms with E-state index in [0.29, 0.717) is 12.6 Å². The van der Waals surface area contributed by atoms with E-state index in [0.717, 1.165) is 25.3 Å². The molecular formula is C20H28N4O2. The Labute approximate surface area is 155 Å². The van der Waals surface area contributed by atoms with Gasteiger partial charge in [0.25, 0.3) is 0 Å². The summed E-state index contributed by atoms with van der Waals surface area (Å²) in [5, 5.41) is 8.74.